The molecule has 0 unspecified atom stereocenters. The predicted molar refractivity (Wildman–Crippen MR) is 34.8 cm³/mol. The van der Waals surface area contributed by atoms with E-state index < -0.39 is 5.82 Å². The van der Waals surface area contributed by atoms with Gasteiger partial charge in [-0.25, -0.2) is 0 Å². The van der Waals surface area contributed by atoms with Crippen LogP contribution in [0.4, 0.5) is 4.39 Å². The van der Waals surface area contributed by atoms with Gasteiger partial charge in [0.2, 0.25) is 0 Å². The Labute approximate surface area is 91.0 Å². The fraction of sp³-hybridized carbons (Fsp3) is 0.125. The molecule has 1 nitrogen and oxygen atoms in total. The normalized spacial score (nSPS) is 8.50. The third kappa shape index (κ3) is 2.66. The van der Waals surface area contributed by atoms with Crippen molar-refractivity contribution in [2.45, 2.75) is 5.02 Å². The van der Waals surface area contributed by atoms with Crippen LogP contribution in [0.25, 0.3) is 0 Å². The molecule has 0 radical (unpaired) electrons. The number of nitriles is 1. The first kappa shape index (κ1) is 11.7. The van der Waals surface area contributed by atoms with Crippen molar-refractivity contribution >= 4 is 0 Å². The second-order valence-electron chi connectivity index (χ2n) is 2.18. The molecule has 1 aromatic rings. The molecule has 0 bridgehead atoms. The molecule has 1 aromatic carbocycles. The number of hydrogen-bond donors (Lipinski definition) is 0. The summed E-state index contributed by atoms with van der Waals surface area (Å²) in [6.45, 7) is 0. The van der Waals surface area contributed by atoms with Gasteiger partial charge >= 0.3 is 74.2 Å². The largest absolute Gasteiger partial charge is 1.00 e. The summed E-state index contributed by atoms with van der Waals surface area (Å²) in [6, 6.07) is 6.49. The summed E-state index contributed by atoms with van der Waals surface area (Å²) in [7, 11) is 0. The van der Waals surface area contributed by atoms with E-state index >= 15 is 0 Å². The third-order valence-electron chi connectivity index (χ3n) is 1.44. The Morgan fingerprint density at radius 3 is 2.67 bits per heavy atom. The number of hydrogen-bond acceptors (Lipinski definition) is 1. The molecule has 0 aromatic heterocycles. The van der Waals surface area contributed by atoms with Crippen LogP contribution >= 0.6 is 0 Å². The van der Waals surface area contributed by atoms with Gasteiger partial charge in [0.15, 0.2) is 0 Å². The average molecular weight is 279 g/mol. The second kappa shape index (κ2) is 5.40. The maximum Gasteiger partial charge on any atom is -1.00 e. The second-order valence-corrected chi connectivity index (χ2v) is 3.23. The Morgan fingerprint density at radius 2 is 2.17 bits per heavy atom. The molecule has 0 amide bonds. The van der Waals surface area contributed by atoms with E-state index in [0.29, 0.717) is 0 Å². The third-order valence-corrected chi connectivity index (χ3v) is 2.65. The minimum absolute atomic E-state index is 0. The number of benzene rings is 1. The molecule has 0 aliphatic carbocycles. The van der Waals surface area contributed by atoms with E-state index in [-0.39, 0.29) is 22.5 Å². The predicted octanol–water partition coefficient (Wildman–Crippen LogP) is -1.25. The maximum atomic E-state index is 12.7. The van der Waals surface area contributed by atoms with Crippen LogP contribution in [0.15, 0.2) is 18.2 Å². The molecule has 0 N–H and O–H groups in total. The molecule has 58 valence electrons. The molecule has 4 heteroatoms. The van der Waals surface area contributed by atoms with E-state index in [1.807, 2.05) is 6.07 Å². The van der Waals surface area contributed by atoms with E-state index in [4.69, 9.17) is 5.26 Å². The fourth-order valence-corrected chi connectivity index (χ4v) is 1.47. The molecule has 0 saturated carbocycles. The molecule has 0 atom stereocenters. The van der Waals surface area contributed by atoms with Gasteiger partial charge in [-0.2, -0.15) is 0 Å². The summed E-state index contributed by atoms with van der Waals surface area (Å²) in [5.74, 6) is -0.426. The van der Waals surface area contributed by atoms with Gasteiger partial charge < -0.3 is 17.0 Å². The van der Waals surface area contributed by atoms with Gasteiger partial charge in [-0.3, -0.25) is 0 Å². The maximum absolute atomic E-state index is 12.7. The molecule has 1 rings (SSSR count). The average Bonchev–Trinajstić information content (AvgIpc) is 2.05. The summed E-state index contributed by atoms with van der Waals surface area (Å²) in [4.78, 5) is 0. The van der Waals surface area contributed by atoms with Crippen molar-refractivity contribution < 1.29 is 39.7 Å². The molecular weight excluding hydrogens is 274 g/mol. The topological polar surface area (TPSA) is 23.8 Å². The Kier molecular flexibility index (Phi) is 5.28. The van der Waals surface area contributed by atoms with Crippen LogP contribution in [-0.4, -0.2) is 0 Å². The smallest absolute Gasteiger partial charge is 1.00 e. The van der Waals surface area contributed by atoms with E-state index in [1.54, 1.807) is 12.1 Å². The summed E-state index contributed by atoms with van der Waals surface area (Å²) in [6.07, 6.45) is 0. The van der Waals surface area contributed by atoms with Crippen LogP contribution in [0.2, 0.25) is 0 Å². The zero-order valence-corrected chi connectivity index (χ0v) is 10.9. The Balaban J connectivity index is 0.00000121. The molecule has 0 spiro atoms. The van der Waals surface area contributed by atoms with Crippen LogP contribution in [0, 0.1) is 17.1 Å². The van der Waals surface area contributed by atoms with Gasteiger partial charge in [-0.15, -0.1) is 0 Å². The van der Waals surface area contributed by atoms with E-state index in [0.717, 1.165) is 28.9 Å². The Morgan fingerprint density at radius 1 is 1.50 bits per heavy atom. The van der Waals surface area contributed by atoms with Crippen LogP contribution in [-0.2, 0) is 23.3 Å². The van der Waals surface area contributed by atoms with Crippen molar-refractivity contribution in [3.05, 3.63) is 35.1 Å². The number of rotatable bonds is 1. The standard InChI is InChI=1S/C8H5FN.BrH.Zn/c1-6-2-3-8(9)7(4-6)5-10;;/h2-4H,1H2;1H;/q;;+1/p-1. The van der Waals surface area contributed by atoms with Crippen molar-refractivity contribution in [1.82, 2.24) is 0 Å². The first-order valence-electron chi connectivity index (χ1n) is 3.25. The molecule has 0 saturated heterocycles. The van der Waals surface area contributed by atoms with Crippen molar-refractivity contribution in [2.75, 3.05) is 0 Å². The molecule has 12 heavy (non-hydrogen) atoms. The number of halogens is 2. The Bertz CT molecular complexity index is 308. The zero-order valence-electron chi connectivity index (χ0n) is 6.35. The first-order valence-corrected chi connectivity index (χ1v) is 5.35. The van der Waals surface area contributed by atoms with Gasteiger partial charge in [-0.05, 0) is 0 Å². The van der Waals surface area contributed by atoms with Gasteiger partial charge in [0.05, 0.1) is 0 Å². The van der Waals surface area contributed by atoms with E-state index in [1.165, 1.54) is 6.07 Å². The summed E-state index contributed by atoms with van der Waals surface area (Å²) in [5, 5.41) is 9.41. The summed E-state index contributed by atoms with van der Waals surface area (Å²) < 4.78 is 12.7. The van der Waals surface area contributed by atoms with Crippen molar-refractivity contribution in [1.29, 1.82) is 5.26 Å². The van der Waals surface area contributed by atoms with Crippen molar-refractivity contribution in [3.8, 4) is 6.07 Å². The zero-order chi connectivity index (χ0) is 8.27. The fourth-order valence-electron chi connectivity index (χ4n) is 0.814. The molecule has 0 aliphatic rings. The van der Waals surface area contributed by atoms with Crippen LogP contribution in [0.3, 0.4) is 0 Å². The van der Waals surface area contributed by atoms with Gasteiger partial charge in [-0.1, -0.05) is 0 Å². The summed E-state index contributed by atoms with van der Waals surface area (Å²) in [5.41, 5.74) is 1.19. The van der Waals surface area contributed by atoms with Gasteiger partial charge in [0.25, 0.3) is 0 Å². The molecular formula is C8H5BrFNZn. The monoisotopic (exact) mass is 277 g/mol. The number of nitrogens with zero attached hydrogens (tertiary/aromatic N) is 1. The molecule has 0 aliphatic heterocycles. The molecule has 0 fully saturated rings. The van der Waals surface area contributed by atoms with Crippen LogP contribution < -0.4 is 17.0 Å². The Hall–Kier alpha value is -0.257. The van der Waals surface area contributed by atoms with E-state index in [2.05, 4.69) is 0 Å². The van der Waals surface area contributed by atoms with Gasteiger partial charge in [0, 0.05) is 0 Å². The minimum atomic E-state index is -0.426. The molecule has 0 heterocycles. The quantitative estimate of drug-likeness (QED) is 0.589. The SMILES string of the molecule is N#Cc1cc([CH2][Zn+])ccc1F.[Br-]. The van der Waals surface area contributed by atoms with Crippen LogP contribution in [0.1, 0.15) is 11.1 Å². The first-order chi connectivity index (χ1) is 5.27. The van der Waals surface area contributed by atoms with Crippen molar-refractivity contribution in [2.24, 2.45) is 0 Å². The van der Waals surface area contributed by atoms with E-state index in [9.17, 15) is 4.39 Å². The summed E-state index contributed by atoms with van der Waals surface area (Å²) >= 11 is 1.14. The van der Waals surface area contributed by atoms with Gasteiger partial charge in [0.1, 0.15) is 0 Å². The minimum Gasteiger partial charge on any atom is -1.00 e. The van der Waals surface area contributed by atoms with Crippen molar-refractivity contribution in [3.63, 3.8) is 0 Å². The van der Waals surface area contributed by atoms with Crippen LogP contribution in [0.5, 0.6) is 0 Å².